The summed E-state index contributed by atoms with van der Waals surface area (Å²) in [7, 11) is 1.87. The van der Waals surface area contributed by atoms with E-state index in [0.717, 1.165) is 10.9 Å². The van der Waals surface area contributed by atoms with Gasteiger partial charge in [-0.1, -0.05) is 17.7 Å². The Balaban J connectivity index is 1.75. The van der Waals surface area contributed by atoms with Crippen molar-refractivity contribution in [2.24, 2.45) is 13.0 Å². The van der Waals surface area contributed by atoms with Crippen LogP contribution in [0.25, 0.3) is 10.9 Å². The normalized spacial score (nSPS) is 15.7. The zero-order valence-electron chi connectivity index (χ0n) is 13.9. The minimum absolute atomic E-state index is 0.0212. The molecule has 24 heavy (non-hydrogen) atoms. The van der Waals surface area contributed by atoms with E-state index < -0.39 is 0 Å². The summed E-state index contributed by atoms with van der Waals surface area (Å²) < 4.78 is 6.95. The van der Waals surface area contributed by atoms with Gasteiger partial charge >= 0.3 is 5.97 Å². The van der Waals surface area contributed by atoms with E-state index in [4.69, 9.17) is 16.3 Å². The van der Waals surface area contributed by atoms with E-state index in [9.17, 15) is 9.59 Å². The third-order valence-corrected chi connectivity index (χ3v) is 4.98. The van der Waals surface area contributed by atoms with Gasteiger partial charge in [0.15, 0.2) is 0 Å². The van der Waals surface area contributed by atoms with Crippen LogP contribution in [0.15, 0.2) is 24.3 Å². The summed E-state index contributed by atoms with van der Waals surface area (Å²) in [5.74, 6) is -0.274. The molecule has 2 aromatic rings. The molecule has 1 fully saturated rings. The quantitative estimate of drug-likeness (QED) is 0.800. The molecule has 6 heteroatoms. The Labute approximate surface area is 146 Å². The first-order chi connectivity index (χ1) is 11.5. The van der Waals surface area contributed by atoms with Crippen molar-refractivity contribution in [2.75, 3.05) is 19.7 Å². The van der Waals surface area contributed by atoms with E-state index in [1.165, 1.54) is 0 Å². The third-order valence-electron chi connectivity index (χ3n) is 4.65. The van der Waals surface area contributed by atoms with Crippen molar-refractivity contribution in [1.82, 2.24) is 9.47 Å². The Kier molecular flexibility index (Phi) is 4.81. The molecule has 1 aromatic heterocycles. The van der Waals surface area contributed by atoms with E-state index in [-0.39, 0.29) is 17.8 Å². The molecule has 1 aromatic carbocycles. The van der Waals surface area contributed by atoms with Gasteiger partial charge < -0.3 is 14.2 Å². The Morgan fingerprint density at radius 3 is 2.62 bits per heavy atom. The van der Waals surface area contributed by atoms with Crippen molar-refractivity contribution in [1.29, 1.82) is 0 Å². The number of hydrogen-bond acceptors (Lipinski definition) is 3. The minimum Gasteiger partial charge on any atom is -0.466 e. The second kappa shape index (κ2) is 6.85. The molecule has 0 bridgehead atoms. The number of benzene rings is 1. The SMILES string of the molecule is CCOC(=O)C1CCN(C(=O)c2cc3c(Cl)cccc3n2C)CC1. The van der Waals surface area contributed by atoms with Crippen molar-refractivity contribution >= 4 is 34.4 Å². The van der Waals surface area contributed by atoms with Gasteiger partial charge in [-0.15, -0.1) is 0 Å². The molecule has 0 atom stereocenters. The molecule has 0 unspecified atom stereocenters. The Morgan fingerprint density at radius 1 is 1.29 bits per heavy atom. The standard InChI is InChI=1S/C18H21ClN2O3/c1-3-24-18(23)12-7-9-21(10-8-12)17(22)16-11-13-14(19)5-4-6-15(13)20(16)2/h4-6,11-12H,3,7-10H2,1-2H3. The first-order valence-electron chi connectivity index (χ1n) is 8.22. The molecule has 3 rings (SSSR count). The second-order valence-corrected chi connectivity index (χ2v) is 6.49. The van der Waals surface area contributed by atoms with Crippen molar-refractivity contribution in [3.05, 3.63) is 35.0 Å². The number of hydrogen-bond donors (Lipinski definition) is 0. The molecule has 0 spiro atoms. The molecule has 128 valence electrons. The van der Waals surface area contributed by atoms with Gasteiger partial charge in [0.1, 0.15) is 5.69 Å². The average molecular weight is 349 g/mol. The topological polar surface area (TPSA) is 51.5 Å². The molecule has 5 nitrogen and oxygen atoms in total. The molecular formula is C18H21ClN2O3. The van der Waals surface area contributed by atoms with Crippen molar-refractivity contribution < 1.29 is 14.3 Å². The zero-order valence-corrected chi connectivity index (χ0v) is 14.7. The fourth-order valence-corrected chi connectivity index (χ4v) is 3.49. The summed E-state index contributed by atoms with van der Waals surface area (Å²) in [5, 5.41) is 1.52. The Morgan fingerprint density at radius 2 is 2.00 bits per heavy atom. The lowest BCUT2D eigenvalue weighted by Gasteiger charge is -2.31. The van der Waals surface area contributed by atoms with E-state index in [2.05, 4.69) is 0 Å². The van der Waals surface area contributed by atoms with Gasteiger partial charge in [-0.25, -0.2) is 0 Å². The van der Waals surface area contributed by atoms with E-state index in [1.54, 1.807) is 4.90 Å². The number of aromatic nitrogens is 1. The molecule has 0 radical (unpaired) electrons. The van der Waals surface area contributed by atoms with E-state index in [1.807, 2.05) is 42.8 Å². The van der Waals surface area contributed by atoms with Crippen LogP contribution in [-0.2, 0) is 16.6 Å². The van der Waals surface area contributed by atoms with Gasteiger partial charge in [0.05, 0.1) is 12.5 Å². The number of piperidine rings is 1. The minimum atomic E-state index is -0.152. The molecule has 1 saturated heterocycles. The Hall–Kier alpha value is -2.01. The lowest BCUT2D eigenvalue weighted by atomic mass is 9.97. The third kappa shape index (κ3) is 3.00. The summed E-state index contributed by atoms with van der Waals surface area (Å²) in [6.45, 7) is 3.34. The van der Waals surface area contributed by atoms with Crippen molar-refractivity contribution in [3.63, 3.8) is 0 Å². The monoisotopic (exact) mass is 348 g/mol. The summed E-state index contributed by atoms with van der Waals surface area (Å²) in [5.41, 5.74) is 1.56. The summed E-state index contributed by atoms with van der Waals surface area (Å²) in [6, 6.07) is 7.50. The number of likely N-dealkylation sites (tertiary alicyclic amines) is 1. The fourth-order valence-electron chi connectivity index (χ4n) is 3.27. The fraction of sp³-hybridized carbons (Fsp3) is 0.444. The highest BCUT2D eigenvalue weighted by Crippen LogP contribution is 2.28. The van der Waals surface area contributed by atoms with Crippen LogP contribution >= 0.6 is 11.6 Å². The number of esters is 1. The van der Waals surface area contributed by atoms with Crippen LogP contribution < -0.4 is 0 Å². The molecule has 0 aliphatic carbocycles. The number of aryl methyl sites for hydroxylation is 1. The van der Waals surface area contributed by atoms with Crippen molar-refractivity contribution in [3.8, 4) is 0 Å². The highest BCUT2D eigenvalue weighted by atomic mass is 35.5. The molecule has 0 N–H and O–H groups in total. The molecule has 1 aliphatic rings. The van der Waals surface area contributed by atoms with Crippen LogP contribution in [-0.4, -0.2) is 41.0 Å². The molecule has 1 aliphatic heterocycles. The smallest absolute Gasteiger partial charge is 0.309 e. The number of fused-ring (bicyclic) bond motifs is 1. The van der Waals surface area contributed by atoms with E-state index >= 15 is 0 Å². The van der Waals surface area contributed by atoms with E-state index in [0.29, 0.717) is 43.3 Å². The van der Waals surface area contributed by atoms with Gasteiger partial charge in [0, 0.05) is 36.1 Å². The maximum atomic E-state index is 12.8. The summed E-state index contributed by atoms with van der Waals surface area (Å²) in [4.78, 5) is 26.5. The van der Waals surface area contributed by atoms with Gasteiger partial charge in [-0.2, -0.15) is 0 Å². The Bertz CT molecular complexity index is 776. The number of rotatable bonds is 3. The van der Waals surface area contributed by atoms with Crippen LogP contribution in [0.1, 0.15) is 30.3 Å². The van der Waals surface area contributed by atoms with Gasteiger partial charge in [0.2, 0.25) is 0 Å². The van der Waals surface area contributed by atoms with Gasteiger partial charge in [-0.3, -0.25) is 9.59 Å². The number of ether oxygens (including phenoxy) is 1. The zero-order chi connectivity index (χ0) is 17.3. The highest BCUT2D eigenvalue weighted by Gasteiger charge is 2.29. The second-order valence-electron chi connectivity index (χ2n) is 6.08. The predicted octanol–water partition coefficient (Wildman–Crippen LogP) is 3.25. The maximum absolute atomic E-state index is 12.8. The molecule has 0 saturated carbocycles. The highest BCUT2D eigenvalue weighted by molar-refractivity contribution is 6.35. The lowest BCUT2D eigenvalue weighted by Crippen LogP contribution is -2.41. The number of nitrogens with zero attached hydrogens (tertiary/aromatic N) is 2. The number of halogens is 1. The van der Waals surface area contributed by atoms with Crippen LogP contribution in [0.5, 0.6) is 0 Å². The van der Waals surface area contributed by atoms with Crippen LogP contribution in [0.2, 0.25) is 5.02 Å². The molecule has 2 heterocycles. The first kappa shape index (κ1) is 16.8. The average Bonchev–Trinajstić information content (AvgIpc) is 2.93. The molecular weight excluding hydrogens is 328 g/mol. The number of carbonyl (C=O) groups excluding carboxylic acids is 2. The number of amides is 1. The van der Waals surface area contributed by atoms with Gasteiger partial charge in [-0.05, 0) is 38.0 Å². The summed E-state index contributed by atoms with van der Waals surface area (Å²) in [6.07, 6.45) is 1.30. The predicted molar refractivity (Wildman–Crippen MR) is 93.2 cm³/mol. The largest absolute Gasteiger partial charge is 0.466 e. The maximum Gasteiger partial charge on any atom is 0.309 e. The molecule has 1 amide bonds. The van der Waals surface area contributed by atoms with Crippen LogP contribution in [0.3, 0.4) is 0 Å². The van der Waals surface area contributed by atoms with Crippen molar-refractivity contribution in [2.45, 2.75) is 19.8 Å². The lowest BCUT2D eigenvalue weighted by molar-refractivity contribution is -0.149. The first-order valence-corrected chi connectivity index (χ1v) is 8.60. The number of carbonyl (C=O) groups is 2. The van der Waals surface area contributed by atoms with Crippen LogP contribution in [0, 0.1) is 5.92 Å². The van der Waals surface area contributed by atoms with Gasteiger partial charge in [0.25, 0.3) is 5.91 Å². The summed E-state index contributed by atoms with van der Waals surface area (Å²) >= 11 is 6.23. The van der Waals surface area contributed by atoms with Crippen LogP contribution in [0.4, 0.5) is 0 Å².